The Morgan fingerprint density at radius 3 is 3.00 bits per heavy atom. The number of allylic oxidation sites excluding steroid dienone is 1. The summed E-state index contributed by atoms with van der Waals surface area (Å²) < 4.78 is 1.77. The van der Waals surface area contributed by atoms with Gasteiger partial charge in [-0.25, -0.2) is 4.98 Å². The molecule has 1 radical (unpaired) electrons. The van der Waals surface area contributed by atoms with Gasteiger partial charge in [-0.1, -0.05) is 6.92 Å². The topological polar surface area (TPSA) is 44.8 Å². The summed E-state index contributed by atoms with van der Waals surface area (Å²) in [4.78, 5) is 3.83. The molecule has 1 heterocycles. The molecule has 1 rings (SSSR count). The molecular formula is C8H13N4Sc-. The minimum Gasteiger partial charge on any atom is -0.689 e. The predicted octanol–water partition coefficient (Wildman–Crippen LogP) is 1.57. The average Bonchev–Trinajstić information content (AvgIpc) is 2.57. The maximum absolute atomic E-state index is 4.17. The van der Waals surface area contributed by atoms with Gasteiger partial charge in [-0.05, 0) is 6.42 Å². The smallest absolute Gasteiger partial charge is 0.137 e. The summed E-state index contributed by atoms with van der Waals surface area (Å²) >= 11 is 0. The Morgan fingerprint density at radius 1 is 1.54 bits per heavy atom. The Morgan fingerprint density at radius 2 is 2.38 bits per heavy atom. The van der Waals surface area contributed by atoms with Crippen LogP contribution in [0.25, 0.3) is 5.32 Å². The van der Waals surface area contributed by atoms with Crippen LogP contribution >= 0.6 is 0 Å². The van der Waals surface area contributed by atoms with Crippen molar-refractivity contribution in [3.8, 4) is 0 Å². The van der Waals surface area contributed by atoms with Crippen molar-refractivity contribution in [3.05, 3.63) is 30.2 Å². The SMILES string of the molecule is CC/C=C\[N-]CCn1cncn1.[Sc]. The van der Waals surface area contributed by atoms with Crippen LogP contribution in [0.5, 0.6) is 0 Å². The van der Waals surface area contributed by atoms with Gasteiger partial charge in [0.15, 0.2) is 0 Å². The maximum Gasteiger partial charge on any atom is 0.137 e. The van der Waals surface area contributed by atoms with Gasteiger partial charge in [0, 0.05) is 32.4 Å². The van der Waals surface area contributed by atoms with Gasteiger partial charge in [0.2, 0.25) is 0 Å². The van der Waals surface area contributed by atoms with Gasteiger partial charge in [-0.15, -0.1) is 12.6 Å². The summed E-state index contributed by atoms with van der Waals surface area (Å²) in [5.74, 6) is 0. The van der Waals surface area contributed by atoms with Crippen LogP contribution in [0.1, 0.15) is 13.3 Å². The van der Waals surface area contributed by atoms with Crippen molar-refractivity contribution in [2.75, 3.05) is 6.54 Å². The fourth-order valence-electron chi connectivity index (χ4n) is 0.763. The molecule has 0 unspecified atom stereocenters. The Labute approximate surface area is 97.2 Å². The van der Waals surface area contributed by atoms with Crippen molar-refractivity contribution in [2.24, 2.45) is 0 Å². The van der Waals surface area contributed by atoms with Crippen molar-refractivity contribution in [2.45, 2.75) is 19.9 Å². The summed E-state index contributed by atoms with van der Waals surface area (Å²) in [6, 6.07) is 0. The van der Waals surface area contributed by atoms with Crippen LogP contribution in [0.3, 0.4) is 0 Å². The molecule has 0 aliphatic rings. The molecule has 0 aromatic carbocycles. The van der Waals surface area contributed by atoms with E-state index in [2.05, 4.69) is 22.3 Å². The fourth-order valence-corrected chi connectivity index (χ4v) is 0.763. The van der Waals surface area contributed by atoms with Gasteiger partial charge < -0.3 is 5.32 Å². The molecule has 5 heteroatoms. The minimum atomic E-state index is 0. The minimum absolute atomic E-state index is 0. The van der Waals surface area contributed by atoms with Crippen LogP contribution in [-0.4, -0.2) is 21.3 Å². The average molecular weight is 210 g/mol. The number of aromatic nitrogens is 3. The van der Waals surface area contributed by atoms with Crippen LogP contribution in [0, 0.1) is 0 Å². The summed E-state index contributed by atoms with van der Waals surface area (Å²) in [5, 5.41) is 8.12. The van der Waals surface area contributed by atoms with E-state index in [0.717, 1.165) is 19.5 Å². The zero-order valence-corrected chi connectivity index (χ0v) is 9.60. The molecular weight excluding hydrogens is 197 g/mol. The van der Waals surface area contributed by atoms with Gasteiger partial charge >= 0.3 is 0 Å². The van der Waals surface area contributed by atoms with Crippen molar-refractivity contribution >= 4 is 0 Å². The molecule has 69 valence electrons. The molecule has 0 amide bonds. The van der Waals surface area contributed by atoms with Gasteiger partial charge in [0.25, 0.3) is 0 Å². The summed E-state index contributed by atoms with van der Waals surface area (Å²) in [6.07, 6.45) is 8.13. The number of rotatable bonds is 5. The molecule has 1 aromatic rings. The van der Waals surface area contributed by atoms with Gasteiger partial charge in [0.05, 0.1) is 0 Å². The van der Waals surface area contributed by atoms with Crippen LogP contribution in [0.4, 0.5) is 0 Å². The Balaban J connectivity index is 0.00000144. The second kappa shape index (κ2) is 8.16. The second-order valence-electron chi connectivity index (χ2n) is 2.36. The van der Waals surface area contributed by atoms with Gasteiger partial charge in [-0.2, -0.15) is 11.3 Å². The van der Waals surface area contributed by atoms with E-state index in [1.54, 1.807) is 11.0 Å². The van der Waals surface area contributed by atoms with Crippen LogP contribution in [0.2, 0.25) is 0 Å². The third-order valence-electron chi connectivity index (χ3n) is 1.37. The molecule has 0 aliphatic heterocycles. The molecule has 0 atom stereocenters. The largest absolute Gasteiger partial charge is 0.689 e. The zero-order valence-electron chi connectivity index (χ0n) is 7.80. The first-order chi connectivity index (χ1) is 5.93. The van der Waals surface area contributed by atoms with E-state index >= 15 is 0 Å². The van der Waals surface area contributed by atoms with Crippen molar-refractivity contribution in [3.63, 3.8) is 0 Å². The molecule has 1 aromatic heterocycles. The molecule has 0 saturated carbocycles. The molecule has 0 fully saturated rings. The van der Waals surface area contributed by atoms with E-state index in [9.17, 15) is 0 Å². The van der Waals surface area contributed by atoms with E-state index < -0.39 is 0 Å². The van der Waals surface area contributed by atoms with Crippen LogP contribution in [0.15, 0.2) is 24.9 Å². The Hall–Kier alpha value is -0.450. The first-order valence-corrected chi connectivity index (χ1v) is 4.07. The third kappa shape index (κ3) is 5.74. The Bertz CT molecular complexity index is 220. The summed E-state index contributed by atoms with van der Waals surface area (Å²) in [7, 11) is 0. The van der Waals surface area contributed by atoms with E-state index in [-0.39, 0.29) is 25.8 Å². The first kappa shape index (κ1) is 12.6. The molecule has 0 aliphatic carbocycles. The number of hydrogen-bond acceptors (Lipinski definition) is 2. The van der Waals surface area contributed by atoms with E-state index in [1.807, 2.05) is 12.3 Å². The van der Waals surface area contributed by atoms with Gasteiger partial charge in [0.1, 0.15) is 12.7 Å². The quantitative estimate of drug-likeness (QED) is 0.692. The standard InChI is InChI=1S/C8H13N4.Sc/c1-2-3-4-9-5-6-12-8-10-7-11-12;/h3-4,7-8H,2,5-6H2,1H3;/q-1;/b4-3-;. The van der Waals surface area contributed by atoms with E-state index in [1.165, 1.54) is 6.33 Å². The van der Waals surface area contributed by atoms with Crippen molar-refractivity contribution in [1.82, 2.24) is 14.8 Å². The van der Waals surface area contributed by atoms with Crippen molar-refractivity contribution < 1.29 is 25.8 Å². The molecule has 4 nitrogen and oxygen atoms in total. The zero-order chi connectivity index (χ0) is 8.65. The van der Waals surface area contributed by atoms with Crippen molar-refractivity contribution in [1.29, 1.82) is 0 Å². The monoisotopic (exact) mass is 210 g/mol. The molecule has 0 bridgehead atoms. The Kier molecular flexibility index (Phi) is 7.88. The maximum atomic E-state index is 4.17. The summed E-state index contributed by atoms with van der Waals surface area (Å²) in [5.41, 5.74) is 0. The van der Waals surface area contributed by atoms with Crippen LogP contribution in [-0.2, 0) is 32.4 Å². The number of hydrogen-bond donors (Lipinski definition) is 0. The van der Waals surface area contributed by atoms with E-state index in [4.69, 9.17) is 0 Å². The van der Waals surface area contributed by atoms with E-state index in [0.29, 0.717) is 0 Å². The normalized spacial score (nSPS) is 9.92. The third-order valence-corrected chi connectivity index (χ3v) is 1.37. The van der Waals surface area contributed by atoms with Gasteiger partial charge in [-0.3, -0.25) is 4.68 Å². The molecule has 13 heavy (non-hydrogen) atoms. The fraction of sp³-hybridized carbons (Fsp3) is 0.500. The number of nitrogens with zero attached hydrogens (tertiary/aromatic N) is 4. The molecule has 0 saturated heterocycles. The first-order valence-electron chi connectivity index (χ1n) is 4.07. The second-order valence-corrected chi connectivity index (χ2v) is 2.36. The predicted molar refractivity (Wildman–Crippen MR) is 47.7 cm³/mol. The summed E-state index contributed by atoms with van der Waals surface area (Å²) in [6.45, 7) is 3.65. The molecule has 0 spiro atoms. The molecule has 0 N–H and O–H groups in total. The van der Waals surface area contributed by atoms with Crippen LogP contribution < -0.4 is 0 Å².